The number of hydrogen-bond donors (Lipinski definition) is 0. The fraction of sp³-hybridized carbons (Fsp3) is 0.360. The van der Waals surface area contributed by atoms with Gasteiger partial charge in [-0.3, -0.25) is 0 Å². The largest absolute Gasteiger partial charge is 0.486 e. The number of oxazole rings is 1. The van der Waals surface area contributed by atoms with Crippen LogP contribution in [0.1, 0.15) is 23.7 Å². The van der Waals surface area contributed by atoms with Crippen molar-refractivity contribution in [2.24, 2.45) is 0 Å². The van der Waals surface area contributed by atoms with Crippen LogP contribution in [0.4, 0.5) is 8.78 Å². The van der Waals surface area contributed by atoms with Crippen LogP contribution in [-0.2, 0) is 17.9 Å². The maximum Gasteiger partial charge on any atom is 0.181 e. The van der Waals surface area contributed by atoms with E-state index in [0.717, 1.165) is 16.9 Å². The lowest BCUT2D eigenvalue weighted by atomic mass is 10.1. The molecular weight excluding hydrogens is 536 g/mol. The zero-order valence-electron chi connectivity index (χ0n) is 19.8. The molecule has 4 aromatic rings. The first-order valence-corrected chi connectivity index (χ1v) is 16.0. The summed E-state index contributed by atoms with van der Waals surface area (Å²) in [5.41, 5.74) is 2.54. The Morgan fingerprint density at radius 3 is 2.80 bits per heavy atom. The Bertz CT molecular complexity index is 1370. The van der Waals surface area contributed by atoms with Gasteiger partial charge in [-0.15, -0.1) is 0 Å². The summed E-state index contributed by atoms with van der Waals surface area (Å²) in [4.78, 5) is 4.02. The molecule has 0 amide bonds. The Kier molecular flexibility index (Phi) is 6.54. The van der Waals surface area contributed by atoms with Gasteiger partial charge in [0.25, 0.3) is 0 Å². The van der Waals surface area contributed by atoms with Crippen molar-refractivity contribution in [2.45, 2.75) is 51.4 Å². The van der Waals surface area contributed by atoms with Gasteiger partial charge in [-0.25, -0.2) is 18.4 Å². The first-order chi connectivity index (χ1) is 16.7. The first-order valence-electron chi connectivity index (χ1n) is 11.5. The quantitative estimate of drug-likeness (QED) is 0.130. The lowest BCUT2D eigenvalue weighted by molar-refractivity contribution is 0.0818. The molecule has 0 bridgehead atoms. The Labute approximate surface area is 211 Å². The molecule has 0 radical (unpaired) electrons. The molecule has 0 N–H and O–H groups in total. The van der Waals surface area contributed by atoms with Gasteiger partial charge in [-0.1, -0.05) is 19.6 Å². The number of fused-ring (bicyclic) bond motifs is 2. The first kappa shape index (κ1) is 24.1. The van der Waals surface area contributed by atoms with Crippen LogP contribution in [0.15, 0.2) is 45.7 Å². The van der Waals surface area contributed by atoms with E-state index in [1.54, 1.807) is 10.9 Å². The van der Waals surface area contributed by atoms with Crippen LogP contribution >= 0.6 is 15.9 Å². The van der Waals surface area contributed by atoms with Crippen LogP contribution in [0.5, 0.6) is 5.75 Å². The fourth-order valence-corrected chi connectivity index (χ4v) is 5.39. The summed E-state index contributed by atoms with van der Waals surface area (Å²) in [7, 11) is -1.19. The topological polar surface area (TPSA) is 62.3 Å². The van der Waals surface area contributed by atoms with E-state index in [1.807, 2.05) is 18.2 Å². The van der Waals surface area contributed by atoms with Crippen LogP contribution in [0, 0.1) is 11.6 Å². The maximum atomic E-state index is 14.5. The van der Waals surface area contributed by atoms with Crippen LogP contribution < -0.4 is 4.74 Å². The molecule has 1 unspecified atom stereocenters. The Morgan fingerprint density at radius 2 is 2.06 bits per heavy atom. The normalized spacial score (nSPS) is 15.7. The summed E-state index contributed by atoms with van der Waals surface area (Å²) < 4.78 is 48.0. The van der Waals surface area contributed by atoms with Crippen molar-refractivity contribution in [1.29, 1.82) is 0 Å². The van der Waals surface area contributed by atoms with Gasteiger partial charge in [0.05, 0.1) is 16.2 Å². The highest BCUT2D eigenvalue weighted by atomic mass is 79.9. The van der Waals surface area contributed by atoms with Gasteiger partial charge in [-0.05, 0) is 64.6 Å². The van der Waals surface area contributed by atoms with Gasteiger partial charge in [0.2, 0.25) is 0 Å². The zero-order valence-corrected chi connectivity index (χ0v) is 22.4. The molecular formula is C25H26BrF2N3O3Si. The minimum atomic E-state index is -1.19. The van der Waals surface area contributed by atoms with Crippen LogP contribution in [0.3, 0.4) is 0 Å². The van der Waals surface area contributed by atoms with E-state index in [1.165, 1.54) is 12.5 Å². The number of hydrogen-bond acceptors (Lipinski definition) is 5. The molecule has 6 nitrogen and oxygen atoms in total. The molecule has 5 rings (SSSR count). The SMILES string of the molecule is C[Si](C)(C)CCOCn1nc(-c2cnco2)c2cc(OC3CCc4c3cc(F)c(Br)c4F)ccc21. The molecule has 35 heavy (non-hydrogen) atoms. The Balaban J connectivity index is 1.43. The number of benzene rings is 2. The number of halogens is 3. The van der Waals surface area contributed by atoms with E-state index in [-0.39, 0.29) is 4.47 Å². The van der Waals surface area contributed by atoms with Gasteiger partial charge in [0.15, 0.2) is 12.2 Å². The molecule has 0 fully saturated rings. The van der Waals surface area contributed by atoms with Crippen molar-refractivity contribution < 1.29 is 22.7 Å². The lowest BCUT2D eigenvalue weighted by Crippen LogP contribution is -2.22. The highest BCUT2D eigenvalue weighted by Crippen LogP contribution is 2.40. The highest BCUT2D eigenvalue weighted by Gasteiger charge is 2.30. The van der Waals surface area contributed by atoms with Crippen molar-refractivity contribution in [2.75, 3.05) is 6.61 Å². The van der Waals surface area contributed by atoms with Crippen molar-refractivity contribution >= 4 is 34.9 Å². The van der Waals surface area contributed by atoms with E-state index in [2.05, 4.69) is 40.6 Å². The Morgan fingerprint density at radius 1 is 1.23 bits per heavy atom. The van der Waals surface area contributed by atoms with Crippen molar-refractivity contribution in [1.82, 2.24) is 14.8 Å². The Hall–Kier alpha value is -2.56. The summed E-state index contributed by atoms with van der Waals surface area (Å²) in [6, 6.07) is 8.06. The lowest BCUT2D eigenvalue weighted by Gasteiger charge is -2.16. The molecule has 0 saturated heterocycles. The smallest absolute Gasteiger partial charge is 0.181 e. The summed E-state index contributed by atoms with van der Waals surface area (Å²) in [6.07, 6.45) is 3.60. The average molecular weight is 562 g/mol. The third-order valence-electron chi connectivity index (χ3n) is 6.18. The van der Waals surface area contributed by atoms with E-state index >= 15 is 0 Å². The number of nitrogens with zero attached hydrogens (tertiary/aromatic N) is 3. The second kappa shape index (κ2) is 9.48. The number of ether oxygens (including phenoxy) is 2. The maximum absolute atomic E-state index is 14.5. The summed E-state index contributed by atoms with van der Waals surface area (Å²) in [5, 5.41) is 5.54. The summed E-state index contributed by atoms with van der Waals surface area (Å²) >= 11 is 2.99. The highest BCUT2D eigenvalue weighted by molar-refractivity contribution is 9.10. The molecule has 2 aromatic heterocycles. The molecule has 1 aliphatic carbocycles. The number of rotatable bonds is 8. The minimum absolute atomic E-state index is 0.130. The van der Waals surface area contributed by atoms with Crippen molar-refractivity contribution in [3.63, 3.8) is 0 Å². The molecule has 1 aliphatic rings. The minimum Gasteiger partial charge on any atom is -0.486 e. The van der Waals surface area contributed by atoms with Gasteiger partial charge >= 0.3 is 0 Å². The second-order valence-corrected chi connectivity index (χ2v) is 16.4. The monoisotopic (exact) mass is 561 g/mol. The molecule has 0 spiro atoms. The van der Waals surface area contributed by atoms with Crippen molar-refractivity contribution in [3.8, 4) is 17.2 Å². The van der Waals surface area contributed by atoms with E-state index in [9.17, 15) is 8.78 Å². The third-order valence-corrected chi connectivity index (χ3v) is 8.61. The summed E-state index contributed by atoms with van der Waals surface area (Å²) in [6.45, 7) is 7.94. The van der Waals surface area contributed by atoms with Gasteiger partial charge < -0.3 is 13.9 Å². The molecule has 1 atom stereocenters. The second-order valence-electron chi connectivity index (χ2n) is 9.94. The number of aromatic nitrogens is 3. The molecule has 0 saturated carbocycles. The predicted octanol–water partition coefficient (Wildman–Crippen LogP) is 7.11. The molecule has 0 aliphatic heterocycles. The molecule has 10 heteroatoms. The zero-order chi connectivity index (χ0) is 24.7. The van der Waals surface area contributed by atoms with E-state index < -0.39 is 25.8 Å². The van der Waals surface area contributed by atoms with Gasteiger partial charge in [0.1, 0.15) is 35.9 Å². The van der Waals surface area contributed by atoms with Gasteiger partial charge in [-0.2, -0.15) is 5.10 Å². The molecule has 2 aromatic carbocycles. The molecule has 2 heterocycles. The predicted molar refractivity (Wildman–Crippen MR) is 135 cm³/mol. The molecule has 184 valence electrons. The summed E-state index contributed by atoms with van der Waals surface area (Å²) in [5.74, 6) is -0.0629. The van der Waals surface area contributed by atoms with E-state index in [4.69, 9.17) is 19.0 Å². The van der Waals surface area contributed by atoms with Crippen LogP contribution in [0.25, 0.3) is 22.4 Å². The van der Waals surface area contributed by atoms with Gasteiger partial charge in [0, 0.05) is 25.6 Å². The van der Waals surface area contributed by atoms with Crippen LogP contribution in [0.2, 0.25) is 25.7 Å². The van der Waals surface area contributed by atoms with Crippen molar-refractivity contribution in [3.05, 3.63) is 64.1 Å². The fourth-order valence-electron chi connectivity index (χ4n) is 4.28. The van der Waals surface area contributed by atoms with Crippen LogP contribution in [-0.4, -0.2) is 29.4 Å². The standard InChI is InChI=1S/C25H26BrF2N3O3Si/c1-35(2,3)9-8-32-14-31-20-6-4-15(10-18(20)25(30-31)22-12-29-13-33-22)34-21-7-5-16-17(21)11-19(27)23(26)24(16)28/h4,6,10-13,21H,5,7-9,14H2,1-3H3. The third kappa shape index (κ3) is 4.92. The van der Waals surface area contributed by atoms with E-state index in [0.29, 0.717) is 54.5 Å². The average Bonchev–Trinajstić information content (AvgIpc) is 3.54.